The molecular weight excluding hydrogens is 274 g/mol. The molecule has 0 atom stereocenters. The Bertz CT molecular complexity index is 696. The Morgan fingerprint density at radius 2 is 1.86 bits per heavy atom. The summed E-state index contributed by atoms with van der Waals surface area (Å²) < 4.78 is 5.59. The summed E-state index contributed by atoms with van der Waals surface area (Å²) in [5.74, 6) is -0.604. The molecule has 2 aromatic carbocycles. The van der Waals surface area contributed by atoms with Crippen LogP contribution in [-0.2, 0) is 11.2 Å². The Morgan fingerprint density at radius 1 is 1.19 bits per heavy atom. The summed E-state index contributed by atoms with van der Waals surface area (Å²) >= 11 is 0. The van der Waals surface area contributed by atoms with Crippen molar-refractivity contribution < 1.29 is 19.6 Å². The molecule has 21 heavy (non-hydrogen) atoms. The Labute approximate surface area is 120 Å². The number of carbonyl (C=O) groups is 1. The van der Waals surface area contributed by atoms with Gasteiger partial charge in [-0.15, -0.1) is 0 Å². The minimum Gasteiger partial charge on any atom is -0.481 e. The van der Waals surface area contributed by atoms with Crippen LogP contribution in [0.4, 0.5) is 5.69 Å². The summed E-state index contributed by atoms with van der Waals surface area (Å²) in [5, 5.41) is 20.1. The third-order valence-corrected chi connectivity index (χ3v) is 2.92. The number of ether oxygens (including phenoxy) is 1. The molecule has 6 heteroatoms. The van der Waals surface area contributed by atoms with Crippen LogP contribution in [0.1, 0.15) is 11.1 Å². The smallest absolute Gasteiger partial charge is 0.315 e. The normalized spacial score (nSPS) is 10.1. The van der Waals surface area contributed by atoms with Gasteiger partial charge >= 0.3 is 11.7 Å². The maximum Gasteiger partial charge on any atom is 0.315 e. The largest absolute Gasteiger partial charge is 0.481 e. The van der Waals surface area contributed by atoms with Crippen LogP contribution in [0.2, 0.25) is 0 Å². The molecule has 108 valence electrons. The van der Waals surface area contributed by atoms with E-state index in [1.807, 2.05) is 19.1 Å². The first-order chi connectivity index (χ1) is 9.99. The minimum absolute atomic E-state index is 0.0352. The molecule has 0 aliphatic rings. The average Bonchev–Trinajstić information content (AvgIpc) is 2.40. The predicted octanol–water partition coefficient (Wildman–Crippen LogP) is 3.32. The second-order valence-corrected chi connectivity index (χ2v) is 4.46. The van der Waals surface area contributed by atoms with Gasteiger partial charge in [-0.2, -0.15) is 0 Å². The van der Waals surface area contributed by atoms with Crippen molar-refractivity contribution in [1.82, 2.24) is 0 Å². The highest BCUT2D eigenvalue weighted by Crippen LogP contribution is 2.35. The van der Waals surface area contributed by atoms with Crippen LogP contribution in [0.25, 0.3) is 0 Å². The lowest BCUT2D eigenvalue weighted by molar-refractivity contribution is -0.386. The molecule has 0 aromatic heterocycles. The van der Waals surface area contributed by atoms with E-state index >= 15 is 0 Å². The van der Waals surface area contributed by atoms with Crippen molar-refractivity contribution in [3.8, 4) is 11.5 Å². The van der Waals surface area contributed by atoms with Crippen LogP contribution in [0, 0.1) is 17.0 Å². The predicted molar refractivity (Wildman–Crippen MR) is 75.7 cm³/mol. The average molecular weight is 287 g/mol. The zero-order valence-corrected chi connectivity index (χ0v) is 11.3. The molecule has 0 heterocycles. The Hall–Kier alpha value is -2.89. The topological polar surface area (TPSA) is 89.7 Å². The van der Waals surface area contributed by atoms with Gasteiger partial charge in [0.1, 0.15) is 5.75 Å². The van der Waals surface area contributed by atoms with Crippen LogP contribution in [0.5, 0.6) is 11.5 Å². The third-order valence-electron chi connectivity index (χ3n) is 2.92. The molecule has 2 aromatic rings. The van der Waals surface area contributed by atoms with E-state index in [1.165, 1.54) is 12.1 Å². The molecule has 0 spiro atoms. The first kappa shape index (κ1) is 14.5. The molecule has 0 aliphatic heterocycles. The number of benzene rings is 2. The second-order valence-electron chi connectivity index (χ2n) is 4.46. The molecule has 2 rings (SSSR count). The first-order valence-corrected chi connectivity index (χ1v) is 6.20. The summed E-state index contributed by atoms with van der Waals surface area (Å²) in [6, 6.07) is 11.5. The molecule has 0 amide bonds. The van der Waals surface area contributed by atoms with Crippen LogP contribution in [0.3, 0.4) is 0 Å². The summed E-state index contributed by atoms with van der Waals surface area (Å²) in [6.45, 7) is 1.82. The van der Waals surface area contributed by atoms with Crippen molar-refractivity contribution in [2.24, 2.45) is 0 Å². The molecule has 0 saturated carbocycles. The summed E-state index contributed by atoms with van der Waals surface area (Å²) in [7, 11) is 0. The number of rotatable bonds is 5. The maximum atomic E-state index is 11.2. The van der Waals surface area contributed by atoms with Gasteiger partial charge in [-0.3, -0.25) is 14.9 Å². The van der Waals surface area contributed by atoms with Crippen molar-refractivity contribution in [3.63, 3.8) is 0 Å². The number of nitrogens with zero attached hydrogens (tertiary/aromatic N) is 1. The summed E-state index contributed by atoms with van der Waals surface area (Å²) in [5.41, 5.74) is 0.622. The molecule has 0 bridgehead atoms. The summed E-state index contributed by atoms with van der Waals surface area (Å²) in [6.07, 6.45) is -0.429. The molecule has 0 fully saturated rings. The number of carboxylic acid groups (broad SMARTS) is 1. The highest BCUT2D eigenvalue weighted by molar-refractivity contribution is 5.73. The number of aliphatic carboxylic acids is 1. The van der Waals surface area contributed by atoms with Crippen molar-refractivity contribution in [3.05, 3.63) is 63.7 Å². The van der Waals surface area contributed by atoms with Crippen LogP contribution in [0.15, 0.2) is 42.5 Å². The fourth-order valence-electron chi connectivity index (χ4n) is 1.95. The van der Waals surface area contributed by atoms with Gasteiger partial charge in [-0.05, 0) is 24.6 Å². The zero-order chi connectivity index (χ0) is 15.4. The van der Waals surface area contributed by atoms with E-state index in [0.717, 1.165) is 5.56 Å². The van der Waals surface area contributed by atoms with Gasteiger partial charge in [0.15, 0.2) is 0 Å². The Balaban J connectivity index is 2.46. The number of aryl methyl sites for hydroxylation is 1. The van der Waals surface area contributed by atoms with E-state index in [0.29, 0.717) is 5.75 Å². The molecule has 0 aliphatic carbocycles. The first-order valence-electron chi connectivity index (χ1n) is 6.20. The highest BCUT2D eigenvalue weighted by atomic mass is 16.6. The summed E-state index contributed by atoms with van der Waals surface area (Å²) in [4.78, 5) is 21.4. The van der Waals surface area contributed by atoms with Crippen LogP contribution < -0.4 is 4.74 Å². The fraction of sp³-hybridized carbons (Fsp3) is 0.133. The molecular formula is C15H13NO5. The van der Waals surface area contributed by atoms with Crippen molar-refractivity contribution in [1.29, 1.82) is 0 Å². The van der Waals surface area contributed by atoms with Crippen molar-refractivity contribution >= 4 is 11.7 Å². The van der Waals surface area contributed by atoms with Gasteiger partial charge in [0, 0.05) is 5.56 Å². The van der Waals surface area contributed by atoms with E-state index in [-0.39, 0.29) is 17.0 Å². The van der Waals surface area contributed by atoms with E-state index in [9.17, 15) is 14.9 Å². The lowest BCUT2D eigenvalue weighted by Gasteiger charge is -2.10. The number of carboxylic acids is 1. The van der Waals surface area contributed by atoms with E-state index in [4.69, 9.17) is 9.84 Å². The molecule has 0 saturated heterocycles. The van der Waals surface area contributed by atoms with Gasteiger partial charge < -0.3 is 9.84 Å². The SMILES string of the molecule is Cc1ccccc1Oc1cccc(CC(=O)O)c1[N+](=O)[O-]. The number of para-hydroxylation sites is 2. The number of nitro benzene ring substituents is 1. The second kappa shape index (κ2) is 6.04. The fourth-order valence-corrected chi connectivity index (χ4v) is 1.95. The van der Waals surface area contributed by atoms with Gasteiger partial charge in [0.2, 0.25) is 5.75 Å². The van der Waals surface area contributed by atoms with Crippen molar-refractivity contribution in [2.75, 3.05) is 0 Å². The molecule has 6 nitrogen and oxygen atoms in total. The van der Waals surface area contributed by atoms with Gasteiger partial charge in [0.05, 0.1) is 11.3 Å². The quantitative estimate of drug-likeness (QED) is 0.673. The van der Waals surface area contributed by atoms with E-state index < -0.39 is 17.3 Å². The van der Waals surface area contributed by atoms with Crippen LogP contribution >= 0.6 is 0 Å². The number of hydrogen-bond acceptors (Lipinski definition) is 4. The maximum absolute atomic E-state index is 11.2. The van der Waals surface area contributed by atoms with E-state index in [1.54, 1.807) is 18.2 Å². The lowest BCUT2D eigenvalue weighted by atomic mass is 10.1. The Morgan fingerprint density at radius 3 is 2.48 bits per heavy atom. The number of hydrogen-bond donors (Lipinski definition) is 1. The lowest BCUT2D eigenvalue weighted by Crippen LogP contribution is -2.05. The number of nitro groups is 1. The van der Waals surface area contributed by atoms with Crippen molar-refractivity contribution in [2.45, 2.75) is 13.3 Å². The van der Waals surface area contributed by atoms with E-state index in [2.05, 4.69) is 0 Å². The molecule has 0 radical (unpaired) electrons. The van der Waals surface area contributed by atoms with Crippen LogP contribution in [-0.4, -0.2) is 16.0 Å². The highest BCUT2D eigenvalue weighted by Gasteiger charge is 2.23. The van der Waals surface area contributed by atoms with Gasteiger partial charge in [-0.25, -0.2) is 0 Å². The molecule has 0 unspecified atom stereocenters. The standard InChI is InChI=1S/C15H13NO5/c1-10-5-2-3-7-12(10)21-13-8-4-6-11(9-14(17)18)15(13)16(19)20/h2-8H,9H2,1H3,(H,17,18). The minimum atomic E-state index is -1.13. The monoisotopic (exact) mass is 287 g/mol. The zero-order valence-electron chi connectivity index (χ0n) is 11.3. The third kappa shape index (κ3) is 3.36. The Kier molecular flexibility index (Phi) is 4.18. The molecule has 1 N–H and O–H groups in total. The van der Waals surface area contributed by atoms with Gasteiger partial charge in [-0.1, -0.05) is 30.3 Å². The van der Waals surface area contributed by atoms with Gasteiger partial charge in [0.25, 0.3) is 0 Å².